The molecule has 1 saturated heterocycles. The zero-order chi connectivity index (χ0) is 26.6. The van der Waals surface area contributed by atoms with Gasteiger partial charge in [-0.3, -0.25) is 9.59 Å². The first kappa shape index (κ1) is 27.2. The van der Waals surface area contributed by atoms with Crippen molar-refractivity contribution in [2.75, 3.05) is 13.1 Å². The van der Waals surface area contributed by atoms with E-state index in [-0.39, 0.29) is 29.9 Å². The van der Waals surface area contributed by atoms with Gasteiger partial charge in [-0.05, 0) is 54.8 Å². The monoisotopic (exact) mass is 544 g/mol. The minimum Gasteiger partial charge on any atom is -0.390 e. The molecule has 0 bridgehead atoms. The molecular weight excluding hydrogens is 512 g/mol. The fraction of sp³-hybridized carbons (Fsp3) is 0.423. The number of nitrogens with zero attached hydrogens (tertiary/aromatic N) is 2. The lowest BCUT2D eigenvalue weighted by Gasteiger charge is -2.27. The normalized spacial score (nSPS) is 19.9. The summed E-state index contributed by atoms with van der Waals surface area (Å²) in [6, 6.07) is 12.7. The van der Waals surface area contributed by atoms with E-state index in [2.05, 4.69) is 15.6 Å². The Morgan fingerprint density at radius 1 is 1.19 bits per heavy atom. The SMILES string of the molecule is CC(C)CC(NC(=O)c1cc2ccccc2s1)C(=O)NC1CCCN(S(=O)(=O)c2ccccn2)C[C@@H]1O. The summed E-state index contributed by atoms with van der Waals surface area (Å²) in [6.45, 7) is 3.98. The molecule has 0 saturated carbocycles. The van der Waals surface area contributed by atoms with E-state index < -0.39 is 34.1 Å². The Kier molecular flexibility index (Phi) is 8.58. The van der Waals surface area contributed by atoms with Crippen molar-refractivity contribution in [2.24, 2.45) is 5.92 Å². The molecule has 9 nitrogen and oxygen atoms in total. The van der Waals surface area contributed by atoms with Crippen LogP contribution in [0.5, 0.6) is 0 Å². The molecule has 198 valence electrons. The Balaban J connectivity index is 1.43. The van der Waals surface area contributed by atoms with Gasteiger partial charge in [0.1, 0.15) is 6.04 Å². The van der Waals surface area contributed by atoms with Crippen molar-refractivity contribution in [1.29, 1.82) is 0 Å². The number of β-amino-alcohol motifs (C(OH)–C–C–N with tert-alkyl or cyclic N) is 1. The molecule has 1 fully saturated rings. The van der Waals surface area contributed by atoms with Crippen LogP contribution in [0.15, 0.2) is 59.8 Å². The summed E-state index contributed by atoms with van der Waals surface area (Å²) in [5, 5.41) is 17.5. The third-order valence-electron chi connectivity index (χ3n) is 6.33. The zero-order valence-corrected chi connectivity index (χ0v) is 22.5. The standard InChI is InChI=1S/C26H32N4O5S2/c1-17(2)14-20(29-26(33)23-15-18-8-3-4-10-22(18)36-23)25(32)28-19-9-7-13-30(16-21(19)31)37(34,35)24-11-5-6-12-27-24/h3-6,8,10-12,15,17,19-21,31H,7,9,13-14,16H2,1-2H3,(H,28,32)(H,29,33)/t19?,20?,21-/m0/s1. The summed E-state index contributed by atoms with van der Waals surface area (Å²) >= 11 is 1.37. The molecule has 4 rings (SSSR count). The number of hydrogen-bond acceptors (Lipinski definition) is 7. The zero-order valence-electron chi connectivity index (χ0n) is 20.8. The van der Waals surface area contributed by atoms with Crippen LogP contribution < -0.4 is 10.6 Å². The number of aromatic nitrogens is 1. The number of nitrogens with one attached hydrogen (secondary N) is 2. The lowest BCUT2D eigenvalue weighted by molar-refractivity contribution is -0.125. The lowest BCUT2D eigenvalue weighted by Crippen LogP contribution is -2.54. The minimum absolute atomic E-state index is 0.0781. The second-order valence-corrected chi connectivity index (χ2v) is 12.6. The fourth-order valence-corrected chi connectivity index (χ4v) is 6.83. The molecule has 3 aromatic rings. The van der Waals surface area contributed by atoms with E-state index >= 15 is 0 Å². The summed E-state index contributed by atoms with van der Waals surface area (Å²) in [7, 11) is -3.87. The highest BCUT2D eigenvalue weighted by atomic mass is 32.2. The smallest absolute Gasteiger partial charge is 0.262 e. The number of thiophene rings is 1. The molecule has 2 amide bonds. The van der Waals surface area contributed by atoms with Crippen LogP contribution in [-0.4, -0.2) is 65.9 Å². The average molecular weight is 545 g/mol. The van der Waals surface area contributed by atoms with Gasteiger partial charge in [0.25, 0.3) is 15.9 Å². The van der Waals surface area contributed by atoms with Gasteiger partial charge < -0.3 is 15.7 Å². The van der Waals surface area contributed by atoms with Gasteiger partial charge in [0.05, 0.1) is 17.0 Å². The van der Waals surface area contributed by atoms with Crippen LogP contribution in [0.1, 0.15) is 42.8 Å². The molecule has 0 aliphatic carbocycles. The first-order chi connectivity index (χ1) is 17.6. The van der Waals surface area contributed by atoms with Crippen molar-refractivity contribution in [1.82, 2.24) is 19.9 Å². The summed E-state index contributed by atoms with van der Waals surface area (Å²) in [5.74, 6) is -0.583. The number of benzene rings is 1. The predicted molar refractivity (Wildman–Crippen MR) is 143 cm³/mol. The number of fused-ring (bicyclic) bond motifs is 1. The maximum absolute atomic E-state index is 13.3. The number of aliphatic hydroxyl groups excluding tert-OH is 1. The third-order valence-corrected chi connectivity index (χ3v) is 9.22. The van der Waals surface area contributed by atoms with Gasteiger partial charge in [-0.25, -0.2) is 13.4 Å². The van der Waals surface area contributed by atoms with Crippen LogP contribution >= 0.6 is 11.3 Å². The third kappa shape index (κ3) is 6.53. The van der Waals surface area contributed by atoms with Gasteiger partial charge in [-0.2, -0.15) is 4.31 Å². The number of carbonyl (C=O) groups excluding carboxylic acids is 2. The average Bonchev–Trinajstić information content (AvgIpc) is 3.23. The van der Waals surface area contributed by atoms with Crippen LogP contribution in [0.4, 0.5) is 0 Å². The summed E-state index contributed by atoms with van der Waals surface area (Å²) in [6.07, 6.45) is 1.58. The second kappa shape index (κ2) is 11.7. The highest BCUT2D eigenvalue weighted by Gasteiger charge is 2.35. The molecule has 3 atom stereocenters. The first-order valence-electron chi connectivity index (χ1n) is 12.3. The van der Waals surface area contributed by atoms with E-state index in [9.17, 15) is 23.1 Å². The topological polar surface area (TPSA) is 129 Å². The maximum atomic E-state index is 13.3. The largest absolute Gasteiger partial charge is 0.390 e. The Hall–Kier alpha value is -2.86. The second-order valence-electron chi connectivity index (χ2n) is 9.66. The van der Waals surface area contributed by atoms with Crippen LogP contribution in [0.25, 0.3) is 10.1 Å². The number of hydrogen-bond donors (Lipinski definition) is 3. The predicted octanol–water partition coefficient (Wildman–Crippen LogP) is 2.77. The van der Waals surface area contributed by atoms with Gasteiger partial charge in [0, 0.05) is 24.0 Å². The van der Waals surface area contributed by atoms with Crippen molar-refractivity contribution in [3.63, 3.8) is 0 Å². The molecular formula is C26H32N4O5S2. The molecule has 3 heterocycles. The van der Waals surface area contributed by atoms with Gasteiger partial charge in [-0.1, -0.05) is 38.1 Å². The van der Waals surface area contributed by atoms with Crippen LogP contribution in [0, 0.1) is 5.92 Å². The summed E-state index contributed by atoms with van der Waals surface area (Å²) < 4.78 is 28.2. The fourth-order valence-electron chi connectivity index (χ4n) is 4.44. The molecule has 37 heavy (non-hydrogen) atoms. The number of aliphatic hydroxyl groups is 1. The van der Waals surface area contributed by atoms with Crippen LogP contribution in [0.3, 0.4) is 0 Å². The summed E-state index contributed by atoms with van der Waals surface area (Å²) in [4.78, 5) is 30.7. The molecule has 1 aromatic carbocycles. The first-order valence-corrected chi connectivity index (χ1v) is 14.6. The number of pyridine rings is 1. The van der Waals surface area contributed by atoms with Crippen molar-refractivity contribution >= 4 is 43.3 Å². The van der Waals surface area contributed by atoms with E-state index in [1.165, 1.54) is 27.9 Å². The Morgan fingerprint density at radius 3 is 2.65 bits per heavy atom. The van der Waals surface area contributed by atoms with Crippen molar-refractivity contribution in [3.05, 3.63) is 59.6 Å². The lowest BCUT2D eigenvalue weighted by atomic mass is 10.0. The molecule has 3 N–H and O–H groups in total. The van der Waals surface area contributed by atoms with E-state index in [0.717, 1.165) is 10.1 Å². The molecule has 11 heteroatoms. The maximum Gasteiger partial charge on any atom is 0.262 e. The minimum atomic E-state index is -3.87. The van der Waals surface area contributed by atoms with E-state index in [0.29, 0.717) is 24.1 Å². The van der Waals surface area contributed by atoms with E-state index in [1.54, 1.807) is 12.1 Å². The van der Waals surface area contributed by atoms with Gasteiger partial charge in [0.2, 0.25) is 5.91 Å². The quantitative estimate of drug-likeness (QED) is 0.400. The van der Waals surface area contributed by atoms with Gasteiger partial charge in [0.15, 0.2) is 5.03 Å². The highest BCUT2D eigenvalue weighted by Crippen LogP contribution is 2.25. The van der Waals surface area contributed by atoms with Crippen molar-refractivity contribution in [2.45, 2.75) is 56.3 Å². The Labute approximate surface area is 221 Å². The number of rotatable bonds is 8. The molecule has 2 unspecified atom stereocenters. The molecule has 1 aliphatic heterocycles. The highest BCUT2D eigenvalue weighted by molar-refractivity contribution is 7.89. The Morgan fingerprint density at radius 2 is 1.95 bits per heavy atom. The Bertz CT molecular complexity index is 1310. The number of amides is 2. The van der Waals surface area contributed by atoms with Crippen molar-refractivity contribution < 1.29 is 23.1 Å². The molecule has 0 spiro atoms. The summed E-state index contributed by atoms with van der Waals surface area (Å²) in [5.41, 5.74) is 0. The number of carbonyl (C=O) groups is 2. The van der Waals surface area contributed by atoms with Crippen LogP contribution in [-0.2, 0) is 14.8 Å². The van der Waals surface area contributed by atoms with E-state index in [1.807, 2.05) is 44.2 Å². The van der Waals surface area contributed by atoms with Crippen molar-refractivity contribution in [3.8, 4) is 0 Å². The molecule has 1 aliphatic rings. The molecule has 2 aromatic heterocycles. The number of sulfonamides is 1. The molecule has 0 radical (unpaired) electrons. The van der Waals surface area contributed by atoms with Gasteiger partial charge in [-0.15, -0.1) is 11.3 Å². The van der Waals surface area contributed by atoms with E-state index in [4.69, 9.17) is 0 Å². The van der Waals surface area contributed by atoms with Gasteiger partial charge >= 0.3 is 0 Å². The van der Waals surface area contributed by atoms with Crippen LogP contribution in [0.2, 0.25) is 0 Å².